The van der Waals surface area contributed by atoms with Crippen LogP contribution in [-0.2, 0) is 11.2 Å². The largest absolute Gasteiger partial charge is 0.370 e. The number of anilines is 1. The summed E-state index contributed by atoms with van der Waals surface area (Å²) in [5.41, 5.74) is 2.07. The first-order valence-electron chi connectivity index (χ1n) is 7.10. The Balaban J connectivity index is 1.81. The van der Waals surface area contributed by atoms with Gasteiger partial charge in [0.05, 0.1) is 6.42 Å². The Kier molecular flexibility index (Phi) is 5.32. The number of likely N-dealkylation sites (N-methyl/N-ethyl adjacent to an activating group) is 1. The molecule has 0 bridgehead atoms. The first kappa shape index (κ1) is 15.0. The number of carbonyl (C=O) groups is 1. The number of benzene rings is 1. The molecule has 4 heteroatoms. The van der Waals surface area contributed by atoms with Gasteiger partial charge in [-0.05, 0) is 30.7 Å². The van der Waals surface area contributed by atoms with Gasteiger partial charge in [0.2, 0.25) is 5.91 Å². The van der Waals surface area contributed by atoms with Crippen LogP contribution in [0.15, 0.2) is 54.9 Å². The van der Waals surface area contributed by atoms with Crippen molar-refractivity contribution in [1.29, 1.82) is 0 Å². The van der Waals surface area contributed by atoms with Gasteiger partial charge < -0.3 is 10.2 Å². The van der Waals surface area contributed by atoms with Crippen LogP contribution in [-0.4, -0.2) is 30.5 Å². The Labute approximate surface area is 125 Å². The summed E-state index contributed by atoms with van der Waals surface area (Å²) in [6.45, 7) is 2.71. The first-order valence-corrected chi connectivity index (χ1v) is 7.10. The summed E-state index contributed by atoms with van der Waals surface area (Å²) in [5, 5.41) is 2.97. The van der Waals surface area contributed by atoms with E-state index in [0.717, 1.165) is 11.3 Å². The molecule has 1 atom stereocenters. The van der Waals surface area contributed by atoms with Gasteiger partial charge in [-0.2, -0.15) is 0 Å². The highest BCUT2D eigenvalue weighted by Gasteiger charge is 2.11. The number of amides is 1. The van der Waals surface area contributed by atoms with Crippen LogP contribution in [0, 0.1) is 0 Å². The molecule has 1 unspecified atom stereocenters. The molecule has 0 saturated carbocycles. The van der Waals surface area contributed by atoms with Gasteiger partial charge in [-0.1, -0.05) is 24.3 Å². The number of hydrogen-bond donors (Lipinski definition) is 1. The van der Waals surface area contributed by atoms with E-state index in [4.69, 9.17) is 0 Å². The van der Waals surface area contributed by atoms with Gasteiger partial charge in [-0.3, -0.25) is 9.78 Å². The highest BCUT2D eigenvalue weighted by molar-refractivity contribution is 5.78. The number of para-hydroxylation sites is 1. The van der Waals surface area contributed by atoms with Crippen molar-refractivity contribution in [1.82, 2.24) is 10.3 Å². The predicted octanol–water partition coefficient (Wildman–Crippen LogP) is 2.27. The zero-order chi connectivity index (χ0) is 15.1. The fourth-order valence-electron chi connectivity index (χ4n) is 2.07. The van der Waals surface area contributed by atoms with Crippen molar-refractivity contribution in [2.75, 3.05) is 18.5 Å². The molecule has 0 aliphatic rings. The summed E-state index contributed by atoms with van der Waals surface area (Å²) in [6.07, 6.45) is 3.80. The average molecular weight is 283 g/mol. The van der Waals surface area contributed by atoms with Crippen molar-refractivity contribution in [2.45, 2.75) is 19.4 Å². The second-order valence-corrected chi connectivity index (χ2v) is 5.14. The van der Waals surface area contributed by atoms with E-state index in [-0.39, 0.29) is 11.9 Å². The molecule has 0 saturated heterocycles. The smallest absolute Gasteiger partial charge is 0.224 e. The Morgan fingerprint density at radius 2 is 2.00 bits per heavy atom. The maximum Gasteiger partial charge on any atom is 0.224 e. The number of rotatable bonds is 6. The maximum absolute atomic E-state index is 11.9. The quantitative estimate of drug-likeness (QED) is 0.884. The highest BCUT2D eigenvalue weighted by Crippen LogP contribution is 2.13. The molecule has 0 aliphatic carbocycles. The lowest BCUT2D eigenvalue weighted by Crippen LogP contribution is -2.40. The molecule has 1 N–H and O–H groups in total. The molecule has 0 aliphatic heterocycles. The van der Waals surface area contributed by atoms with Crippen LogP contribution in [0.5, 0.6) is 0 Å². The van der Waals surface area contributed by atoms with Crippen molar-refractivity contribution >= 4 is 11.6 Å². The van der Waals surface area contributed by atoms with E-state index >= 15 is 0 Å². The molecule has 110 valence electrons. The van der Waals surface area contributed by atoms with Gasteiger partial charge >= 0.3 is 0 Å². The van der Waals surface area contributed by atoms with E-state index in [1.165, 1.54) is 0 Å². The van der Waals surface area contributed by atoms with Crippen LogP contribution >= 0.6 is 0 Å². The summed E-state index contributed by atoms with van der Waals surface area (Å²) in [5.74, 6) is 0.0244. The van der Waals surface area contributed by atoms with Crippen LogP contribution < -0.4 is 10.2 Å². The van der Waals surface area contributed by atoms with E-state index < -0.39 is 0 Å². The topological polar surface area (TPSA) is 45.2 Å². The summed E-state index contributed by atoms with van der Waals surface area (Å²) in [6, 6.07) is 14.1. The van der Waals surface area contributed by atoms with Crippen LogP contribution in [0.25, 0.3) is 0 Å². The van der Waals surface area contributed by atoms with Gasteiger partial charge in [0.1, 0.15) is 0 Å². The molecule has 21 heavy (non-hydrogen) atoms. The van der Waals surface area contributed by atoms with E-state index in [1.807, 2.05) is 37.4 Å². The van der Waals surface area contributed by atoms with Crippen LogP contribution in [0.1, 0.15) is 12.5 Å². The highest BCUT2D eigenvalue weighted by atomic mass is 16.1. The fourth-order valence-corrected chi connectivity index (χ4v) is 2.07. The number of carbonyl (C=O) groups excluding carboxylic acids is 1. The molecule has 4 nitrogen and oxygen atoms in total. The van der Waals surface area contributed by atoms with Gasteiger partial charge in [-0.25, -0.2) is 0 Å². The van der Waals surface area contributed by atoms with Crippen molar-refractivity contribution in [3.05, 3.63) is 60.4 Å². The molecular formula is C17H21N3O. The van der Waals surface area contributed by atoms with Gasteiger partial charge in [0.15, 0.2) is 0 Å². The summed E-state index contributed by atoms with van der Waals surface area (Å²) < 4.78 is 0. The summed E-state index contributed by atoms with van der Waals surface area (Å²) in [4.78, 5) is 18.1. The van der Waals surface area contributed by atoms with Gasteiger partial charge in [-0.15, -0.1) is 0 Å². The molecule has 0 spiro atoms. The maximum atomic E-state index is 11.9. The minimum Gasteiger partial charge on any atom is -0.370 e. The second kappa shape index (κ2) is 7.43. The lowest BCUT2D eigenvalue weighted by atomic mass is 10.2. The monoisotopic (exact) mass is 283 g/mol. The molecule has 0 fully saturated rings. The van der Waals surface area contributed by atoms with E-state index in [0.29, 0.717) is 13.0 Å². The third-order valence-corrected chi connectivity index (χ3v) is 3.51. The van der Waals surface area contributed by atoms with Crippen LogP contribution in [0.2, 0.25) is 0 Å². The summed E-state index contributed by atoms with van der Waals surface area (Å²) >= 11 is 0. The van der Waals surface area contributed by atoms with Crippen molar-refractivity contribution in [2.24, 2.45) is 0 Å². The number of nitrogens with zero attached hydrogens (tertiary/aromatic N) is 2. The molecule has 1 amide bonds. The van der Waals surface area contributed by atoms with E-state index in [9.17, 15) is 4.79 Å². The van der Waals surface area contributed by atoms with E-state index in [2.05, 4.69) is 34.3 Å². The number of pyridine rings is 1. The van der Waals surface area contributed by atoms with Crippen molar-refractivity contribution < 1.29 is 4.79 Å². The predicted molar refractivity (Wildman–Crippen MR) is 85.3 cm³/mol. The lowest BCUT2D eigenvalue weighted by molar-refractivity contribution is -0.120. The Morgan fingerprint density at radius 3 is 2.67 bits per heavy atom. The van der Waals surface area contributed by atoms with Crippen LogP contribution in [0.4, 0.5) is 5.69 Å². The fraction of sp³-hybridized carbons (Fsp3) is 0.294. The number of hydrogen-bond acceptors (Lipinski definition) is 3. The van der Waals surface area contributed by atoms with Crippen molar-refractivity contribution in [3.63, 3.8) is 0 Å². The standard InChI is InChI=1S/C17H21N3O/c1-14(20(2)16-8-4-3-5-9-16)12-19-17(21)11-15-7-6-10-18-13-15/h3-10,13-14H,11-12H2,1-2H3,(H,19,21). The minimum absolute atomic E-state index is 0.0244. The van der Waals surface area contributed by atoms with E-state index in [1.54, 1.807) is 12.4 Å². The molecule has 1 aromatic carbocycles. The SMILES string of the molecule is CC(CNC(=O)Cc1cccnc1)N(C)c1ccccc1. The normalized spacial score (nSPS) is 11.7. The number of nitrogens with one attached hydrogen (secondary N) is 1. The first-order chi connectivity index (χ1) is 10.2. The molecule has 1 heterocycles. The number of aromatic nitrogens is 1. The summed E-state index contributed by atoms with van der Waals surface area (Å²) in [7, 11) is 2.03. The average Bonchev–Trinajstić information content (AvgIpc) is 2.53. The minimum atomic E-state index is 0.0244. The zero-order valence-corrected chi connectivity index (χ0v) is 12.5. The van der Waals surface area contributed by atoms with Crippen molar-refractivity contribution in [3.8, 4) is 0 Å². The Hall–Kier alpha value is -2.36. The molecule has 2 aromatic rings. The lowest BCUT2D eigenvalue weighted by Gasteiger charge is -2.27. The molecule has 0 radical (unpaired) electrons. The molecule has 1 aromatic heterocycles. The second-order valence-electron chi connectivity index (χ2n) is 5.14. The Bertz CT molecular complexity index is 557. The molecular weight excluding hydrogens is 262 g/mol. The third-order valence-electron chi connectivity index (χ3n) is 3.51. The molecule has 2 rings (SSSR count). The third kappa shape index (κ3) is 4.60. The van der Waals surface area contributed by atoms with Gasteiger partial charge in [0, 0.05) is 37.7 Å². The zero-order valence-electron chi connectivity index (χ0n) is 12.5. The van der Waals surface area contributed by atoms with Crippen LogP contribution in [0.3, 0.4) is 0 Å². The Morgan fingerprint density at radius 1 is 1.24 bits per heavy atom. The van der Waals surface area contributed by atoms with Gasteiger partial charge in [0.25, 0.3) is 0 Å².